The fraction of sp³-hybridized carbons (Fsp3) is 0.259. The topological polar surface area (TPSA) is 28.4 Å². The first-order valence-electron chi connectivity index (χ1n) is 11.2. The Morgan fingerprint density at radius 1 is 0.882 bits per heavy atom. The van der Waals surface area contributed by atoms with Gasteiger partial charge in [-0.15, -0.1) is 12.4 Å². The third-order valence-corrected chi connectivity index (χ3v) is 6.46. The molecule has 1 unspecified atom stereocenters. The van der Waals surface area contributed by atoms with Crippen molar-refractivity contribution >= 4 is 23.3 Å². The Morgan fingerprint density at radius 2 is 1.62 bits per heavy atom. The number of hydrogen-bond donors (Lipinski definition) is 1. The van der Waals surface area contributed by atoms with Crippen molar-refractivity contribution in [2.24, 2.45) is 0 Å². The maximum Gasteiger partial charge on any atom is 0.123 e. The van der Waals surface area contributed by atoms with Gasteiger partial charge in [0.2, 0.25) is 0 Å². The molecule has 34 heavy (non-hydrogen) atoms. The van der Waals surface area contributed by atoms with Crippen molar-refractivity contribution in [3.63, 3.8) is 0 Å². The molecule has 0 radical (unpaired) electrons. The molecule has 5 rings (SSSR count). The zero-order valence-electron chi connectivity index (χ0n) is 18.6. The third kappa shape index (κ3) is 4.85. The minimum Gasteiger partial charge on any atom is -0.388 e. The molecule has 0 saturated heterocycles. The van der Waals surface area contributed by atoms with Crippen molar-refractivity contribution in [2.75, 3.05) is 13.1 Å². The van der Waals surface area contributed by atoms with Gasteiger partial charge in [-0.3, -0.25) is 4.90 Å². The van der Waals surface area contributed by atoms with E-state index in [0.29, 0.717) is 18.5 Å². The van der Waals surface area contributed by atoms with Crippen LogP contribution in [0.25, 0.3) is 16.6 Å². The van der Waals surface area contributed by atoms with Crippen LogP contribution in [0.3, 0.4) is 0 Å². The van der Waals surface area contributed by atoms with E-state index in [2.05, 4.69) is 9.47 Å². The molecule has 1 atom stereocenters. The second-order valence-electron chi connectivity index (χ2n) is 8.64. The van der Waals surface area contributed by atoms with E-state index in [1.807, 2.05) is 0 Å². The maximum atomic E-state index is 14.1. The standard InChI is InChI=1S/C27H25F3N2O.ClH/c28-19-6-9-22(10-7-19)32-25-11-8-21(30)16-23(25)24-17-31(14-12-26(24)32)13-2-5-27(33)18-3-1-4-20(29)15-18;/h1,3-4,6-11,15-16,27,33H,2,5,12-14,17H2;1H. The molecular formula is C27H26ClF3N2O. The number of fused-ring (bicyclic) bond motifs is 3. The van der Waals surface area contributed by atoms with Crippen LogP contribution in [0.5, 0.6) is 0 Å². The van der Waals surface area contributed by atoms with Gasteiger partial charge in [-0.2, -0.15) is 0 Å². The lowest BCUT2D eigenvalue weighted by Gasteiger charge is -2.28. The molecule has 3 aromatic carbocycles. The van der Waals surface area contributed by atoms with Gasteiger partial charge in [-0.05, 0) is 85.1 Å². The molecule has 0 aliphatic carbocycles. The molecule has 3 nitrogen and oxygen atoms in total. The highest BCUT2D eigenvalue weighted by molar-refractivity contribution is 5.87. The number of aliphatic hydroxyl groups excluding tert-OH is 1. The highest BCUT2D eigenvalue weighted by atomic mass is 35.5. The molecule has 1 aromatic heterocycles. The van der Waals surface area contributed by atoms with E-state index in [0.717, 1.165) is 53.8 Å². The predicted molar refractivity (Wildman–Crippen MR) is 130 cm³/mol. The van der Waals surface area contributed by atoms with Crippen LogP contribution in [-0.4, -0.2) is 27.7 Å². The summed E-state index contributed by atoms with van der Waals surface area (Å²) in [5.74, 6) is -0.918. The van der Waals surface area contributed by atoms with Crippen LogP contribution < -0.4 is 0 Å². The minimum absolute atomic E-state index is 0. The summed E-state index contributed by atoms with van der Waals surface area (Å²) in [5, 5.41) is 11.3. The van der Waals surface area contributed by atoms with Crippen LogP contribution in [0.15, 0.2) is 66.7 Å². The summed E-state index contributed by atoms with van der Waals surface area (Å²) in [7, 11) is 0. The van der Waals surface area contributed by atoms with Gasteiger partial charge in [0.05, 0.1) is 11.6 Å². The van der Waals surface area contributed by atoms with Crippen LogP contribution in [0.4, 0.5) is 13.2 Å². The fourth-order valence-corrected chi connectivity index (χ4v) is 4.85. The zero-order chi connectivity index (χ0) is 22.9. The predicted octanol–water partition coefficient (Wildman–Crippen LogP) is 6.34. The number of halogens is 4. The number of nitrogens with zero attached hydrogens (tertiary/aromatic N) is 2. The number of hydrogen-bond acceptors (Lipinski definition) is 2. The lowest BCUT2D eigenvalue weighted by Crippen LogP contribution is -2.32. The molecule has 2 heterocycles. The van der Waals surface area contributed by atoms with E-state index < -0.39 is 6.10 Å². The number of aromatic nitrogens is 1. The lowest BCUT2D eigenvalue weighted by atomic mass is 10.0. The Kier molecular flexibility index (Phi) is 7.31. The summed E-state index contributed by atoms with van der Waals surface area (Å²) < 4.78 is 43.1. The third-order valence-electron chi connectivity index (χ3n) is 6.46. The fourth-order valence-electron chi connectivity index (χ4n) is 4.85. The van der Waals surface area contributed by atoms with Gasteiger partial charge in [0, 0.05) is 36.3 Å². The average Bonchev–Trinajstić information content (AvgIpc) is 3.12. The Hall–Kier alpha value is -2.80. The summed E-state index contributed by atoms with van der Waals surface area (Å²) in [6, 6.07) is 17.3. The van der Waals surface area contributed by atoms with Crippen molar-refractivity contribution < 1.29 is 18.3 Å². The molecule has 7 heteroatoms. The molecule has 0 saturated carbocycles. The zero-order valence-corrected chi connectivity index (χ0v) is 19.4. The first-order valence-corrected chi connectivity index (χ1v) is 11.2. The van der Waals surface area contributed by atoms with E-state index in [-0.39, 0.29) is 29.9 Å². The normalized spacial score (nSPS) is 14.6. The van der Waals surface area contributed by atoms with E-state index in [1.54, 1.807) is 36.4 Å². The number of rotatable bonds is 6. The van der Waals surface area contributed by atoms with Crippen LogP contribution in [0, 0.1) is 17.5 Å². The number of aliphatic hydroxyl groups is 1. The first kappa shape index (κ1) is 24.3. The lowest BCUT2D eigenvalue weighted by molar-refractivity contribution is 0.152. The molecule has 1 aliphatic heterocycles. The van der Waals surface area contributed by atoms with Gasteiger partial charge in [-0.25, -0.2) is 13.2 Å². The Balaban J connectivity index is 0.00000274. The van der Waals surface area contributed by atoms with E-state index in [9.17, 15) is 18.3 Å². The molecule has 1 aliphatic rings. The van der Waals surface area contributed by atoms with E-state index in [4.69, 9.17) is 0 Å². The van der Waals surface area contributed by atoms with Gasteiger partial charge >= 0.3 is 0 Å². The minimum atomic E-state index is -0.699. The molecular weight excluding hydrogens is 461 g/mol. The second-order valence-corrected chi connectivity index (χ2v) is 8.64. The van der Waals surface area contributed by atoms with Crippen LogP contribution in [0.2, 0.25) is 0 Å². The Morgan fingerprint density at radius 3 is 2.38 bits per heavy atom. The SMILES string of the molecule is Cl.OC(CCCN1CCc2c(c3cc(F)ccc3n2-c2ccc(F)cc2)C1)c1cccc(F)c1. The van der Waals surface area contributed by atoms with Crippen molar-refractivity contribution in [3.05, 3.63) is 101 Å². The summed E-state index contributed by atoms with van der Waals surface area (Å²) >= 11 is 0. The molecule has 0 bridgehead atoms. The largest absolute Gasteiger partial charge is 0.388 e. The number of benzene rings is 3. The van der Waals surface area contributed by atoms with E-state index in [1.165, 1.54) is 30.3 Å². The van der Waals surface area contributed by atoms with Crippen molar-refractivity contribution in [3.8, 4) is 5.69 Å². The highest BCUT2D eigenvalue weighted by Gasteiger charge is 2.25. The summed E-state index contributed by atoms with van der Waals surface area (Å²) in [6.45, 7) is 2.30. The first-order chi connectivity index (χ1) is 16.0. The smallest absolute Gasteiger partial charge is 0.123 e. The van der Waals surface area contributed by atoms with Gasteiger partial charge in [0.25, 0.3) is 0 Å². The highest BCUT2D eigenvalue weighted by Crippen LogP contribution is 2.34. The van der Waals surface area contributed by atoms with Crippen molar-refractivity contribution in [2.45, 2.75) is 31.9 Å². The van der Waals surface area contributed by atoms with Crippen molar-refractivity contribution in [1.29, 1.82) is 0 Å². The average molecular weight is 487 g/mol. The Bertz CT molecular complexity index is 1290. The molecule has 0 amide bonds. The van der Waals surface area contributed by atoms with Crippen molar-refractivity contribution in [1.82, 2.24) is 9.47 Å². The monoisotopic (exact) mass is 486 g/mol. The van der Waals surface area contributed by atoms with Gasteiger partial charge in [-0.1, -0.05) is 12.1 Å². The molecule has 1 N–H and O–H groups in total. The summed E-state index contributed by atoms with van der Waals surface area (Å²) in [5.41, 5.74) is 4.58. The molecule has 0 spiro atoms. The van der Waals surface area contributed by atoms with Crippen LogP contribution in [0.1, 0.15) is 35.8 Å². The summed E-state index contributed by atoms with van der Waals surface area (Å²) in [6.07, 6.45) is 1.39. The van der Waals surface area contributed by atoms with Gasteiger partial charge in [0.15, 0.2) is 0 Å². The Labute approximate surface area is 202 Å². The van der Waals surface area contributed by atoms with Crippen LogP contribution in [-0.2, 0) is 13.0 Å². The van der Waals surface area contributed by atoms with Gasteiger partial charge < -0.3 is 9.67 Å². The van der Waals surface area contributed by atoms with Crippen LogP contribution >= 0.6 is 12.4 Å². The maximum absolute atomic E-state index is 14.1. The quantitative estimate of drug-likeness (QED) is 0.344. The van der Waals surface area contributed by atoms with E-state index >= 15 is 0 Å². The molecule has 0 fully saturated rings. The second kappa shape index (κ2) is 10.2. The van der Waals surface area contributed by atoms with Gasteiger partial charge in [0.1, 0.15) is 17.5 Å². The molecule has 178 valence electrons. The molecule has 4 aromatic rings. The summed E-state index contributed by atoms with van der Waals surface area (Å²) in [4.78, 5) is 2.31.